The average molecular weight is 487 g/mol. The lowest BCUT2D eigenvalue weighted by molar-refractivity contribution is -0.115. The molecule has 0 heterocycles. The first-order chi connectivity index (χ1) is 17.0. The van der Waals surface area contributed by atoms with Crippen molar-refractivity contribution in [3.63, 3.8) is 0 Å². The highest BCUT2D eigenvalue weighted by Crippen LogP contribution is 2.31. The van der Waals surface area contributed by atoms with E-state index in [2.05, 4.69) is 10.6 Å². The first-order valence-electron chi connectivity index (χ1n) is 11.1. The number of carbonyl (C=O) groups excluding carboxylic acids is 2. The summed E-state index contributed by atoms with van der Waals surface area (Å²) in [5.74, 6) is 0.862. The van der Waals surface area contributed by atoms with Gasteiger partial charge in [0.25, 0.3) is 5.91 Å². The molecule has 0 fully saturated rings. The van der Waals surface area contributed by atoms with Gasteiger partial charge in [0.05, 0.1) is 25.2 Å². The number of rotatable bonds is 8. The summed E-state index contributed by atoms with van der Waals surface area (Å²) in [5, 5.41) is 7.60. The number of thioether (sulfide) groups is 1. The second-order valence-electron chi connectivity index (χ2n) is 7.86. The number of fused-ring (bicyclic) bond motifs is 1. The van der Waals surface area contributed by atoms with Crippen molar-refractivity contribution in [3.8, 4) is 11.5 Å². The van der Waals surface area contributed by atoms with Crippen LogP contribution in [0.4, 0.5) is 11.4 Å². The molecule has 2 amide bonds. The van der Waals surface area contributed by atoms with Gasteiger partial charge in [0.1, 0.15) is 11.5 Å². The monoisotopic (exact) mass is 486 g/mol. The van der Waals surface area contributed by atoms with Crippen molar-refractivity contribution in [2.45, 2.75) is 17.1 Å². The Morgan fingerprint density at radius 3 is 2.26 bits per heavy atom. The Hall–Kier alpha value is -3.97. The van der Waals surface area contributed by atoms with Gasteiger partial charge >= 0.3 is 0 Å². The molecule has 0 spiro atoms. The maximum absolute atomic E-state index is 12.7. The number of amides is 2. The van der Waals surface area contributed by atoms with E-state index in [1.807, 2.05) is 73.7 Å². The lowest BCUT2D eigenvalue weighted by Gasteiger charge is -2.15. The molecule has 0 saturated heterocycles. The molecule has 0 aliphatic heterocycles. The molecule has 35 heavy (non-hydrogen) atoms. The first-order valence-corrected chi connectivity index (χ1v) is 11.9. The van der Waals surface area contributed by atoms with Crippen LogP contribution in [-0.2, 0) is 4.79 Å². The molecule has 1 atom stereocenters. The van der Waals surface area contributed by atoms with Gasteiger partial charge in [-0.1, -0.05) is 30.3 Å². The number of benzene rings is 4. The minimum Gasteiger partial charge on any atom is -0.497 e. The second kappa shape index (κ2) is 11.0. The van der Waals surface area contributed by atoms with Crippen LogP contribution in [0.25, 0.3) is 10.8 Å². The van der Waals surface area contributed by atoms with Gasteiger partial charge in [-0.2, -0.15) is 0 Å². The molecule has 1 unspecified atom stereocenters. The molecule has 6 nitrogen and oxygen atoms in total. The molecule has 4 aromatic carbocycles. The summed E-state index contributed by atoms with van der Waals surface area (Å²) in [6.07, 6.45) is 0. The van der Waals surface area contributed by atoms with Crippen molar-refractivity contribution >= 4 is 45.7 Å². The van der Waals surface area contributed by atoms with E-state index in [0.29, 0.717) is 28.4 Å². The zero-order chi connectivity index (χ0) is 24.8. The van der Waals surface area contributed by atoms with Crippen molar-refractivity contribution in [2.24, 2.45) is 0 Å². The molecule has 0 bridgehead atoms. The van der Waals surface area contributed by atoms with Gasteiger partial charge in [-0.3, -0.25) is 9.59 Å². The highest BCUT2D eigenvalue weighted by molar-refractivity contribution is 8.00. The van der Waals surface area contributed by atoms with E-state index < -0.39 is 0 Å². The number of hydrogen-bond acceptors (Lipinski definition) is 5. The van der Waals surface area contributed by atoms with Gasteiger partial charge in [0.2, 0.25) is 5.91 Å². The maximum Gasteiger partial charge on any atom is 0.255 e. The summed E-state index contributed by atoms with van der Waals surface area (Å²) in [6.45, 7) is 1.84. The molecule has 0 saturated carbocycles. The van der Waals surface area contributed by atoms with Crippen LogP contribution in [-0.4, -0.2) is 31.3 Å². The van der Waals surface area contributed by atoms with Crippen LogP contribution in [0.2, 0.25) is 0 Å². The highest BCUT2D eigenvalue weighted by Gasteiger charge is 2.17. The van der Waals surface area contributed by atoms with E-state index in [1.54, 1.807) is 32.4 Å². The predicted octanol–water partition coefficient (Wildman–Crippen LogP) is 6.23. The van der Waals surface area contributed by atoms with Gasteiger partial charge in [-0.05, 0) is 66.2 Å². The predicted molar refractivity (Wildman–Crippen MR) is 142 cm³/mol. The average Bonchev–Trinajstić information content (AvgIpc) is 2.89. The third-order valence-electron chi connectivity index (χ3n) is 5.47. The van der Waals surface area contributed by atoms with E-state index in [4.69, 9.17) is 9.47 Å². The minimum absolute atomic E-state index is 0.146. The topological polar surface area (TPSA) is 76.7 Å². The number of hydrogen-bond donors (Lipinski definition) is 2. The van der Waals surface area contributed by atoms with Crippen molar-refractivity contribution in [1.29, 1.82) is 0 Å². The molecule has 2 N–H and O–H groups in total. The summed E-state index contributed by atoms with van der Waals surface area (Å²) in [6, 6.07) is 26.2. The van der Waals surface area contributed by atoms with Crippen LogP contribution in [0.3, 0.4) is 0 Å². The SMILES string of the molecule is COc1ccc(NC(=O)C(C)Sc2ccc(NC(=O)c3ccc4ccccc4c3)cc2)c(OC)c1. The first kappa shape index (κ1) is 24.2. The van der Waals surface area contributed by atoms with Gasteiger partial charge in [-0.15, -0.1) is 11.8 Å². The second-order valence-corrected chi connectivity index (χ2v) is 9.27. The van der Waals surface area contributed by atoms with Crippen LogP contribution in [0, 0.1) is 0 Å². The summed E-state index contributed by atoms with van der Waals surface area (Å²) in [7, 11) is 3.12. The molecule has 0 aromatic heterocycles. The van der Waals surface area contributed by atoms with Crippen LogP contribution >= 0.6 is 11.8 Å². The molecule has 0 aliphatic rings. The highest BCUT2D eigenvalue weighted by atomic mass is 32.2. The van der Waals surface area contributed by atoms with Crippen LogP contribution in [0.5, 0.6) is 11.5 Å². The van der Waals surface area contributed by atoms with Gasteiger partial charge in [-0.25, -0.2) is 0 Å². The van der Waals surface area contributed by atoms with E-state index in [1.165, 1.54) is 11.8 Å². The molecule has 4 rings (SSSR count). The Morgan fingerprint density at radius 2 is 1.54 bits per heavy atom. The van der Waals surface area contributed by atoms with E-state index >= 15 is 0 Å². The molecule has 4 aromatic rings. The number of carbonyl (C=O) groups is 2. The lowest BCUT2D eigenvalue weighted by atomic mass is 10.1. The van der Waals surface area contributed by atoms with Gasteiger partial charge in [0.15, 0.2) is 0 Å². The maximum atomic E-state index is 12.7. The Balaban J connectivity index is 1.36. The quantitative estimate of drug-likeness (QED) is 0.289. The summed E-state index contributed by atoms with van der Waals surface area (Å²) >= 11 is 1.43. The Morgan fingerprint density at radius 1 is 0.800 bits per heavy atom. The molecular formula is C28H26N2O4S. The van der Waals surface area contributed by atoms with E-state index in [-0.39, 0.29) is 17.1 Å². The zero-order valence-corrected chi connectivity index (χ0v) is 20.5. The number of methoxy groups -OCH3 is 2. The van der Waals surface area contributed by atoms with Crippen molar-refractivity contribution in [3.05, 3.63) is 90.5 Å². The van der Waals surface area contributed by atoms with E-state index in [9.17, 15) is 9.59 Å². The fourth-order valence-electron chi connectivity index (χ4n) is 3.54. The fourth-order valence-corrected chi connectivity index (χ4v) is 4.41. The fraction of sp³-hybridized carbons (Fsp3) is 0.143. The number of ether oxygens (including phenoxy) is 2. The van der Waals surface area contributed by atoms with Gasteiger partial charge < -0.3 is 20.1 Å². The minimum atomic E-state index is -0.347. The Kier molecular flexibility index (Phi) is 7.57. The van der Waals surface area contributed by atoms with E-state index in [0.717, 1.165) is 15.7 Å². The molecule has 7 heteroatoms. The standard InChI is InChI=1S/C28H26N2O4S/c1-18(27(31)30-25-15-12-23(33-2)17-26(25)34-3)35-24-13-10-22(11-14-24)29-28(32)21-9-8-19-6-4-5-7-20(19)16-21/h4-18H,1-3H3,(H,29,32)(H,30,31). The molecule has 0 radical (unpaired) electrons. The van der Waals surface area contributed by atoms with Crippen molar-refractivity contribution in [1.82, 2.24) is 0 Å². The van der Waals surface area contributed by atoms with Crippen LogP contribution in [0.1, 0.15) is 17.3 Å². The normalized spacial score (nSPS) is 11.5. The zero-order valence-electron chi connectivity index (χ0n) is 19.7. The molecular weight excluding hydrogens is 460 g/mol. The third-order valence-corrected chi connectivity index (χ3v) is 6.58. The summed E-state index contributed by atoms with van der Waals surface area (Å²) < 4.78 is 10.5. The lowest BCUT2D eigenvalue weighted by Crippen LogP contribution is -2.22. The molecule has 0 aliphatic carbocycles. The Bertz CT molecular complexity index is 1350. The summed E-state index contributed by atoms with van der Waals surface area (Å²) in [5.41, 5.74) is 1.87. The number of nitrogens with one attached hydrogen (secondary N) is 2. The third kappa shape index (κ3) is 5.94. The summed E-state index contributed by atoms with van der Waals surface area (Å²) in [4.78, 5) is 26.3. The van der Waals surface area contributed by atoms with Crippen LogP contribution in [0.15, 0.2) is 89.8 Å². The number of anilines is 2. The molecule has 178 valence electrons. The Labute approximate surface area is 208 Å². The van der Waals surface area contributed by atoms with Crippen molar-refractivity contribution in [2.75, 3.05) is 24.9 Å². The smallest absolute Gasteiger partial charge is 0.255 e. The largest absolute Gasteiger partial charge is 0.497 e. The van der Waals surface area contributed by atoms with Crippen molar-refractivity contribution < 1.29 is 19.1 Å². The van der Waals surface area contributed by atoms with Crippen LogP contribution < -0.4 is 20.1 Å². The van der Waals surface area contributed by atoms with Gasteiger partial charge in [0, 0.05) is 22.2 Å².